The Morgan fingerprint density at radius 2 is 1.83 bits per heavy atom. The second-order valence-corrected chi connectivity index (χ2v) is 6.98. The Balaban J connectivity index is 1.28. The molecular weight excluding hydrogens is 372 g/mol. The topological polar surface area (TPSA) is 81.9 Å². The van der Waals surface area contributed by atoms with E-state index in [9.17, 15) is 9.59 Å². The lowest BCUT2D eigenvalue weighted by molar-refractivity contribution is -0.134. The van der Waals surface area contributed by atoms with E-state index in [1.807, 2.05) is 29.2 Å². The second-order valence-electron chi connectivity index (χ2n) is 6.98. The summed E-state index contributed by atoms with van der Waals surface area (Å²) in [6, 6.07) is 14.3. The number of oxazole rings is 1. The molecular formula is C22H22N2O5. The van der Waals surface area contributed by atoms with Gasteiger partial charge in [-0.1, -0.05) is 12.1 Å². The van der Waals surface area contributed by atoms with Crippen molar-refractivity contribution in [1.29, 1.82) is 0 Å². The number of para-hydroxylation sites is 2. The van der Waals surface area contributed by atoms with E-state index in [0.717, 1.165) is 29.8 Å². The third-order valence-corrected chi connectivity index (χ3v) is 5.15. The van der Waals surface area contributed by atoms with Crippen LogP contribution in [0.25, 0.3) is 11.1 Å². The van der Waals surface area contributed by atoms with Crippen molar-refractivity contribution in [3.63, 3.8) is 0 Å². The van der Waals surface area contributed by atoms with E-state index in [1.54, 1.807) is 24.3 Å². The van der Waals surface area contributed by atoms with Gasteiger partial charge in [0, 0.05) is 19.0 Å². The number of likely N-dealkylation sites (tertiary alicyclic amines) is 1. The molecule has 150 valence electrons. The maximum absolute atomic E-state index is 12.5. The highest BCUT2D eigenvalue weighted by molar-refractivity contribution is 5.89. The minimum Gasteiger partial charge on any atom is -0.484 e. The number of ether oxygens (including phenoxy) is 2. The maximum Gasteiger partial charge on any atom is 0.337 e. The molecule has 0 atom stereocenters. The van der Waals surface area contributed by atoms with Gasteiger partial charge in [0.25, 0.3) is 5.91 Å². The van der Waals surface area contributed by atoms with Crippen molar-refractivity contribution in [3.05, 3.63) is 60.0 Å². The largest absolute Gasteiger partial charge is 0.484 e. The Bertz CT molecular complexity index is 970. The Morgan fingerprint density at radius 1 is 1.10 bits per heavy atom. The quantitative estimate of drug-likeness (QED) is 0.617. The van der Waals surface area contributed by atoms with Crippen molar-refractivity contribution in [1.82, 2.24) is 9.88 Å². The van der Waals surface area contributed by atoms with Crippen LogP contribution in [0.15, 0.2) is 52.9 Å². The Hall–Kier alpha value is -3.35. The number of carbonyl (C=O) groups is 2. The molecule has 0 N–H and O–H groups in total. The second kappa shape index (κ2) is 8.34. The van der Waals surface area contributed by atoms with E-state index in [1.165, 1.54) is 7.11 Å². The van der Waals surface area contributed by atoms with Crippen molar-refractivity contribution in [2.45, 2.75) is 18.8 Å². The highest BCUT2D eigenvalue weighted by Gasteiger charge is 2.27. The number of fused-ring (bicyclic) bond motifs is 1. The molecule has 7 heteroatoms. The Kier molecular flexibility index (Phi) is 5.46. The van der Waals surface area contributed by atoms with E-state index in [4.69, 9.17) is 9.15 Å². The first kappa shape index (κ1) is 19.0. The number of amides is 1. The summed E-state index contributed by atoms with van der Waals surface area (Å²) in [6.07, 6.45) is 1.62. The molecule has 2 aromatic carbocycles. The van der Waals surface area contributed by atoms with Gasteiger partial charge >= 0.3 is 5.97 Å². The third kappa shape index (κ3) is 4.23. The van der Waals surface area contributed by atoms with Gasteiger partial charge in [-0.05, 0) is 49.2 Å². The number of hydrogen-bond donors (Lipinski definition) is 0. The van der Waals surface area contributed by atoms with Gasteiger partial charge in [-0.25, -0.2) is 9.78 Å². The minimum absolute atomic E-state index is 0.0366. The normalized spacial score (nSPS) is 14.7. The van der Waals surface area contributed by atoms with Crippen LogP contribution in [0.5, 0.6) is 5.75 Å². The number of aromatic nitrogens is 1. The average molecular weight is 394 g/mol. The first-order valence-electron chi connectivity index (χ1n) is 9.58. The Labute approximate surface area is 168 Å². The van der Waals surface area contributed by atoms with Crippen molar-refractivity contribution >= 4 is 23.0 Å². The monoisotopic (exact) mass is 394 g/mol. The Morgan fingerprint density at radius 3 is 2.52 bits per heavy atom. The van der Waals surface area contributed by atoms with Gasteiger partial charge in [0.15, 0.2) is 18.1 Å². The zero-order valence-electron chi connectivity index (χ0n) is 16.2. The van der Waals surface area contributed by atoms with Gasteiger partial charge in [-0.15, -0.1) is 0 Å². The van der Waals surface area contributed by atoms with E-state index >= 15 is 0 Å². The van der Waals surface area contributed by atoms with Crippen LogP contribution in [0, 0.1) is 0 Å². The summed E-state index contributed by atoms with van der Waals surface area (Å²) in [5, 5.41) is 0. The highest BCUT2D eigenvalue weighted by atomic mass is 16.5. The molecule has 29 heavy (non-hydrogen) atoms. The summed E-state index contributed by atoms with van der Waals surface area (Å²) in [6.45, 7) is 1.25. The molecule has 1 saturated heterocycles. The molecule has 0 bridgehead atoms. The van der Waals surface area contributed by atoms with Crippen molar-refractivity contribution in [2.24, 2.45) is 0 Å². The maximum atomic E-state index is 12.5. The lowest BCUT2D eigenvalue weighted by Gasteiger charge is -2.30. The lowest BCUT2D eigenvalue weighted by Crippen LogP contribution is -2.40. The lowest BCUT2D eigenvalue weighted by atomic mass is 9.97. The molecule has 0 spiro atoms. The number of rotatable bonds is 5. The molecule has 1 aliphatic rings. The smallest absolute Gasteiger partial charge is 0.337 e. The van der Waals surface area contributed by atoms with Crippen molar-refractivity contribution in [3.8, 4) is 5.75 Å². The van der Waals surface area contributed by atoms with Crippen LogP contribution < -0.4 is 4.74 Å². The molecule has 3 aromatic rings. The third-order valence-electron chi connectivity index (χ3n) is 5.15. The van der Waals surface area contributed by atoms with Crippen LogP contribution in [-0.4, -0.2) is 48.6 Å². The number of benzene rings is 2. The molecule has 0 radical (unpaired) electrons. The summed E-state index contributed by atoms with van der Waals surface area (Å²) >= 11 is 0. The van der Waals surface area contributed by atoms with Crippen LogP contribution in [0.4, 0.5) is 0 Å². The molecule has 0 unspecified atom stereocenters. The van der Waals surface area contributed by atoms with Gasteiger partial charge in [0.1, 0.15) is 11.3 Å². The van der Waals surface area contributed by atoms with Gasteiger partial charge in [0.05, 0.1) is 12.7 Å². The van der Waals surface area contributed by atoms with Crippen LogP contribution in [0.2, 0.25) is 0 Å². The fourth-order valence-electron chi connectivity index (χ4n) is 3.48. The molecule has 2 heterocycles. The molecule has 1 amide bonds. The van der Waals surface area contributed by atoms with Crippen LogP contribution in [0.1, 0.15) is 35.0 Å². The number of carbonyl (C=O) groups excluding carboxylic acids is 2. The summed E-state index contributed by atoms with van der Waals surface area (Å²) in [4.78, 5) is 30.3. The SMILES string of the molecule is COC(=O)c1ccc(OCC(=O)N2CCC(c3nc4ccccc4o3)CC2)cc1. The molecule has 1 aliphatic heterocycles. The number of hydrogen-bond acceptors (Lipinski definition) is 6. The first-order chi connectivity index (χ1) is 14.1. The number of nitrogens with zero attached hydrogens (tertiary/aromatic N) is 2. The van der Waals surface area contributed by atoms with E-state index in [2.05, 4.69) is 9.72 Å². The zero-order valence-corrected chi connectivity index (χ0v) is 16.2. The van der Waals surface area contributed by atoms with E-state index in [-0.39, 0.29) is 18.4 Å². The fourth-order valence-corrected chi connectivity index (χ4v) is 3.48. The van der Waals surface area contributed by atoms with Gasteiger partial charge < -0.3 is 18.8 Å². The summed E-state index contributed by atoms with van der Waals surface area (Å²) in [5.41, 5.74) is 2.10. The number of methoxy groups -OCH3 is 1. The standard InChI is InChI=1S/C22H22N2O5/c1-27-22(26)16-6-8-17(9-7-16)28-14-20(25)24-12-10-15(11-13-24)21-23-18-4-2-3-5-19(18)29-21/h2-9,15H,10-14H2,1H3. The summed E-state index contributed by atoms with van der Waals surface area (Å²) in [7, 11) is 1.33. The average Bonchev–Trinajstić information content (AvgIpc) is 3.22. The number of esters is 1. The van der Waals surface area contributed by atoms with Crippen molar-refractivity contribution in [2.75, 3.05) is 26.8 Å². The number of piperidine rings is 1. The van der Waals surface area contributed by atoms with Crippen LogP contribution in [0.3, 0.4) is 0 Å². The predicted molar refractivity (Wildman–Crippen MR) is 106 cm³/mol. The van der Waals surface area contributed by atoms with Gasteiger partial charge in [-0.3, -0.25) is 4.79 Å². The van der Waals surface area contributed by atoms with Gasteiger partial charge in [-0.2, -0.15) is 0 Å². The van der Waals surface area contributed by atoms with E-state index in [0.29, 0.717) is 24.4 Å². The first-order valence-corrected chi connectivity index (χ1v) is 9.58. The van der Waals surface area contributed by atoms with Crippen molar-refractivity contribution < 1.29 is 23.5 Å². The zero-order chi connectivity index (χ0) is 20.2. The molecule has 7 nitrogen and oxygen atoms in total. The van der Waals surface area contributed by atoms with Crippen LogP contribution in [-0.2, 0) is 9.53 Å². The predicted octanol–water partition coefficient (Wildman–Crippen LogP) is 3.40. The molecule has 0 saturated carbocycles. The van der Waals surface area contributed by atoms with E-state index < -0.39 is 5.97 Å². The van der Waals surface area contributed by atoms with Gasteiger partial charge in [0.2, 0.25) is 0 Å². The highest BCUT2D eigenvalue weighted by Crippen LogP contribution is 2.30. The molecule has 1 aromatic heterocycles. The fraction of sp³-hybridized carbons (Fsp3) is 0.318. The van der Waals surface area contributed by atoms with Crippen LogP contribution >= 0.6 is 0 Å². The molecule has 1 fully saturated rings. The molecule has 4 rings (SSSR count). The summed E-state index contributed by atoms with van der Waals surface area (Å²) in [5.74, 6) is 1.04. The minimum atomic E-state index is -0.408. The summed E-state index contributed by atoms with van der Waals surface area (Å²) < 4.78 is 16.1. The molecule has 0 aliphatic carbocycles.